The van der Waals surface area contributed by atoms with Gasteiger partial charge >= 0.3 is 0 Å². The molecule has 0 aromatic carbocycles. The summed E-state index contributed by atoms with van der Waals surface area (Å²) in [6.45, 7) is 1.33. The smallest absolute Gasteiger partial charge is 0.273 e. The van der Waals surface area contributed by atoms with E-state index in [2.05, 4.69) is 30.3 Å². The van der Waals surface area contributed by atoms with Crippen LogP contribution in [0.5, 0.6) is 0 Å². The molecular weight excluding hydrogens is 370 g/mol. The van der Waals surface area contributed by atoms with Crippen LogP contribution >= 0.6 is 0 Å². The molecule has 1 amide bonds. The molecule has 2 N–H and O–H groups in total. The molecule has 10 heteroatoms. The normalized spacial score (nSPS) is 18.7. The number of H-pyrrole nitrogens is 1. The van der Waals surface area contributed by atoms with Gasteiger partial charge in [0.25, 0.3) is 5.91 Å². The lowest BCUT2D eigenvalue weighted by molar-refractivity contribution is -0.108. The van der Waals surface area contributed by atoms with Crippen molar-refractivity contribution in [1.29, 1.82) is 0 Å². The molecule has 0 atom stereocenters. The highest BCUT2D eigenvalue weighted by Gasteiger charge is 2.45. The molecular formula is C18H18F2N6O2. The number of hydrogen-bond donors (Lipinski definition) is 2. The first-order valence-corrected chi connectivity index (χ1v) is 9.17. The molecule has 0 saturated heterocycles. The number of carbonyl (C=O) groups excluding carboxylic acids is 1. The van der Waals surface area contributed by atoms with E-state index in [0.717, 1.165) is 16.9 Å². The number of nitrogens with zero attached hydrogens (tertiary/aromatic N) is 4. The van der Waals surface area contributed by atoms with Gasteiger partial charge in [0.05, 0.1) is 11.9 Å². The van der Waals surface area contributed by atoms with Crippen molar-refractivity contribution in [2.24, 2.45) is 5.92 Å². The zero-order chi connectivity index (χ0) is 19.3. The van der Waals surface area contributed by atoms with Crippen LogP contribution in [0.4, 0.5) is 14.6 Å². The lowest BCUT2D eigenvalue weighted by Gasteiger charge is -2.34. The van der Waals surface area contributed by atoms with Crippen molar-refractivity contribution in [1.82, 2.24) is 25.4 Å². The Balaban J connectivity index is 1.33. The van der Waals surface area contributed by atoms with Gasteiger partial charge in [0.15, 0.2) is 5.69 Å². The number of hydrogen-bond acceptors (Lipinski definition) is 6. The zero-order valence-corrected chi connectivity index (χ0v) is 14.9. The third-order valence-electron chi connectivity index (χ3n) is 5.40. The molecule has 3 aromatic heterocycles. The van der Waals surface area contributed by atoms with Gasteiger partial charge in [0.1, 0.15) is 23.6 Å². The van der Waals surface area contributed by atoms with Crippen LogP contribution in [0, 0.1) is 5.92 Å². The van der Waals surface area contributed by atoms with Gasteiger partial charge in [-0.15, -0.1) is 0 Å². The van der Waals surface area contributed by atoms with E-state index in [1.807, 2.05) is 6.07 Å². The Kier molecular flexibility index (Phi) is 3.81. The maximum atomic E-state index is 12.9. The second kappa shape index (κ2) is 6.25. The molecule has 2 aliphatic rings. The van der Waals surface area contributed by atoms with Crippen molar-refractivity contribution >= 4 is 22.8 Å². The number of carbonyl (C=O) groups is 1. The molecule has 0 spiro atoms. The highest BCUT2D eigenvalue weighted by molar-refractivity contribution is 5.94. The van der Waals surface area contributed by atoms with Crippen LogP contribution in [0.1, 0.15) is 34.7 Å². The minimum atomic E-state index is -2.59. The van der Waals surface area contributed by atoms with Crippen molar-refractivity contribution in [3.05, 3.63) is 35.6 Å². The van der Waals surface area contributed by atoms with Gasteiger partial charge in [0.2, 0.25) is 5.92 Å². The van der Waals surface area contributed by atoms with Gasteiger partial charge in [-0.05, 0) is 12.0 Å². The Bertz CT molecular complexity index is 1040. The quantitative estimate of drug-likeness (QED) is 0.711. The van der Waals surface area contributed by atoms with Gasteiger partial charge in [-0.1, -0.05) is 5.16 Å². The van der Waals surface area contributed by atoms with E-state index >= 15 is 0 Å². The number of aromatic amines is 1. The van der Waals surface area contributed by atoms with Gasteiger partial charge in [-0.2, -0.15) is 0 Å². The summed E-state index contributed by atoms with van der Waals surface area (Å²) >= 11 is 0. The fourth-order valence-electron chi connectivity index (χ4n) is 3.93. The van der Waals surface area contributed by atoms with E-state index in [1.54, 1.807) is 6.20 Å². The first-order chi connectivity index (χ1) is 13.5. The Morgan fingerprint density at radius 3 is 3.07 bits per heavy atom. The molecule has 0 unspecified atom stereocenters. The van der Waals surface area contributed by atoms with Crippen molar-refractivity contribution in [3.63, 3.8) is 0 Å². The highest BCUT2D eigenvalue weighted by atomic mass is 19.3. The molecule has 3 aromatic rings. The average Bonchev–Trinajstić information content (AvgIpc) is 3.30. The monoisotopic (exact) mass is 388 g/mol. The average molecular weight is 388 g/mol. The fraction of sp³-hybridized carbons (Fsp3) is 0.444. The summed E-state index contributed by atoms with van der Waals surface area (Å²) in [6, 6.07) is 1.91. The van der Waals surface area contributed by atoms with E-state index in [1.165, 1.54) is 6.33 Å². The number of alkyl halides is 2. The molecule has 1 fully saturated rings. The number of fused-ring (bicyclic) bond motifs is 2. The minimum Gasteiger partial charge on any atom is -0.360 e. The Hall–Kier alpha value is -3.04. The molecule has 8 nitrogen and oxygen atoms in total. The molecule has 1 saturated carbocycles. The van der Waals surface area contributed by atoms with E-state index in [9.17, 15) is 13.6 Å². The number of anilines is 1. The predicted molar refractivity (Wildman–Crippen MR) is 95.1 cm³/mol. The van der Waals surface area contributed by atoms with Crippen LogP contribution in [0.25, 0.3) is 11.0 Å². The summed E-state index contributed by atoms with van der Waals surface area (Å²) < 4.78 is 31.2. The standard InChI is InChI=1S/C18H18F2N6O2/c19-18(20)5-10(6-18)7-22-17(27)14-12-8-26(4-2-13(12)28-25-14)16-11-1-3-21-15(11)23-9-24-16/h1,3,9-10H,2,4-8H2,(H,22,27)(H,21,23,24). The van der Waals surface area contributed by atoms with Crippen LogP contribution in [0.2, 0.25) is 0 Å². The first kappa shape index (κ1) is 17.1. The number of amides is 1. The van der Waals surface area contributed by atoms with Crippen LogP contribution in [0.15, 0.2) is 23.1 Å². The van der Waals surface area contributed by atoms with Gasteiger partial charge in [-0.25, -0.2) is 18.7 Å². The van der Waals surface area contributed by atoms with Gasteiger partial charge in [-0.3, -0.25) is 4.79 Å². The Labute approximate surface area is 158 Å². The highest BCUT2D eigenvalue weighted by Crippen LogP contribution is 2.41. The molecule has 1 aliphatic carbocycles. The molecule has 0 bridgehead atoms. The van der Waals surface area contributed by atoms with Crippen LogP contribution in [0.3, 0.4) is 0 Å². The maximum absolute atomic E-state index is 12.9. The van der Waals surface area contributed by atoms with Gasteiger partial charge in [0, 0.05) is 44.1 Å². The van der Waals surface area contributed by atoms with Crippen LogP contribution in [-0.2, 0) is 13.0 Å². The molecule has 1 aliphatic heterocycles. The van der Waals surface area contributed by atoms with Crippen molar-refractivity contribution in [2.75, 3.05) is 18.0 Å². The summed E-state index contributed by atoms with van der Waals surface area (Å²) in [5.41, 5.74) is 1.67. The summed E-state index contributed by atoms with van der Waals surface area (Å²) in [5.74, 6) is -1.72. The topological polar surface area (TPSA) is 99.9 Å². The van der Waals surface area contributed by atoms with Gasteiger partial charge < -0.3 is 19.7 Å². The second-order valence-electron chi connectivity index (χ2n) is 7.38. The first-order valence-electron chi connectivity index (χ1n) is 9.17. The number of nitrogens with one attached hydrogen (secondary N) is 2. The summed E-state index contributed by atoms with van der Waals surface area (Å²) in [5, 5.41) is 7.54. The van der Waals surface area contributed by atoms with Crippen molar-refractivity contribution < 1.29 is 18.1 Å². The summed E-state index contributed by atoms with van der Waals surface area (Å²) in [7, 11) is 0. The number of rotatable bonds is 4. The van der Waals surface area contributed by atoms with E-state index in [4.69, 9.17) is 4.52 Å². The lowest BCUT2D eigenvalue weighted by atomic mass is 9.81. The third kappa shape index (κ3) is 2.88. The van der Waals surface area contributed by atoms with Crippen molar-refractivity contribution in [3.8, 4) is 0 Å². The second-order valence-corrected chi connectivity index (χ2v) is 7.38. The molecule has 4 heterocycles. The SMILES string of the molecule is O=C(NCC1CC(F)(F)C1)c1noc2c1CN(c1ncnc3[nH]ccc13)CC2. The molecule has 28 heavy (non-hydrogen) atoms. The van der Waals surface area contributed by atoms with E-state index in [-0.39, 0.29) is 31.0 Å². The van der Waals surface area contributed by atoms with Crippen LogP contribution in [-0.4, -0.2) is 45.0 Å². The Morgan fingerprint density at radius 2 is 2.25 bits per heavy atom. The van der Waals surface area contributed by atoms with Crippen molar-refractivity contribution in [2.45, 2.75) is 31.7 Å². The summed E-state index contributed by atoms with van der Waals surface area (Å²) in [4.78, 5) is 26.2. The summed E-state index contributed by atoms with van der Waals surface area (Å²) in [6.07, 6.45) is 3.54. The number of halogens is 2. The molecule has 146 valence electrons. The van der Waals surface area contributed by atoms with Crippen LogP contribution < -0.4 is 10.2 Å². The molecule has 5 rings (SSSR count). The molecule has 0 radical (unpaired) electrons. The minimum absolute atomic E-state index is 0.182. The largest absolute Gasteiger partial charge is 0.360 e. The lowest BCUT2D eigenvalue weighted by Crippen LogP contribution is -2.42. The Morgan fingerprint density at radius 1 is 1.39 bits per heavy atom. The maximum Gasteiger partial charge on any atom is 0.273 e. The third-order valence-corrected chi connectivity index (χ3v) is 5.40. The predicted octanol–water partition coefficient (Wildman–Crippen LogP) is 2.28. The van der Waals surface area contributed by atoms with E-state index in [0.29, 0.717) is 30.8 Å². The fourth-order valence-corrected chi connectivity index (χ4v) is 3.93. The zero-order valence-electron chi connectivity index (χ0n) is 14.9. The van der Waals surface area contributed by atoms with E-state index < -0.39 is 11.8 Å². The number of aromatic nitrogens is 4.